The Morgan fingerprint density at radius 1 is 1.00 bits per heavy atom. The highest BCUT2D eigenvalue weighted by molar-refractivity contribution is 7.91. The largest absolute Gasteiger partial charge is 0.338 e. The van der Waals surface area contributed by atoms with E-state index in [2.05, 4.69) is 4.72 Å². The zero-order valence-electron chi connectivity index (χ0n) is 18.9. The minimum Gasteiger partial charge on any atom is -0.338 e. The minimum absolute atomic E-state index is 0.176. The molecule has 1 N–H and O–H groups in total. The highest BCUT2D eigenvalue weighted by Crippen LogP contribution is 2.26. The fraction of sp³-hybridized carbons (Fsp3) is 0.435. The summed E-state index contributed by atoms with van der Waals surface area (Å²) in [6.07, 6.45) is 1.25. The number of hydrogen-bond acceptors (Lipinski definition) is 5. The number of sulfonamides is 1. The van der Waals surface area contributed by atoms with Gasteiger partial charge < -0.3 is 4.90 Å². The molecule has 1 fully saturated rings. The second kappa shape index (κ2) is 9.33. The molecule has 2 aromatic carbocycles. The predicted molar refractivity (Wildman–Crippen MR) is 124 cm³/mol. The fourth-order valence-electron chi connectivity index (χ4n) is 4.23. The second-order valence-corrected chi connectivity index (χ2v) is 12.1. The van der Waals surface area contributed by atoms with Crippen LogP contribution in [-0.2, 0) is 24.7 Å². The lowest BCUT2D eigenvalue weighted by Crippen LogP contribution is -2.45. The van der Waals surface area contributed by atoms with Crippen LogP contribution in [0.4, 0.5) is 0 Å². The van der Waals surface area contributed by atoms with Gasteiger partial charge in [0.2, 0.25) is 15.9 Å². The highest BCUT2D eigenvalue weighted by atomic mass is 32.2. The average molecular weight is 479 g/mol. The van der Waals surface area contributed by atoms with E-state index in [0.717, 1.165) is 11.1 Å². The van der Waals surface area contributed by atoms with Gasteiger partial charge in [-0.2, -0.15) is 0 Å². The molecule has 1 heterocycles. The third-order valence-corrected chi connectivity index (χ3v) is 9.68. The van der Waals surface area contributed by atoms with Crippen LogP contribution in [0.5, 0.6) is 0 Å². The van der Waals surface area contributed by atoms with Crippen molar-refractivity contribution in [1.82, 2.24) is 9.62 Å². The summed E-state index contributed by atoms with van der Waals surface area (Å²) in [7, 11) is -7.45. The molecule has 0 bridgehead atoms. The normalized spacial score (nSPS) is 17.0. The lowest BCUT2D eigenvalue weighted by Gasteiger charge is -2.25. The molecule has 0 radical (unpaired) electrons. The van der Waals surface area contributed by atoms with Gasteiger partial charge in [0.1, 0.15) is 0 Å². The van der Waals surface area contributed by atoms with E-state index in [1.54, 1.807) is 44.2 Å². The number of benzene rings is 2. The number of amides is 1. The molecule has 9 heteroatoms. The van der Waals surface area contributed by atoms with Crippen molar-refractivity contribution in [3.63, 3.8) is 0 Å². The van der Waals surface area contributed by atoms with E-state index in [1.165, 1.54) is 4.90 Å². The van der Waals surface area contributed by atoms with Gasteiger partial charge in [-0.25, -0.2) is 21.6 Å². The monoisotopic (exact) mass is 478 g/mol. The Morgan fingerprint density at radius 3 is 2.19 bits per heavy atom. The Balaban J connectivity index is 1.73. The third-order valence-electron chi connectivity index (χ3n) is 6.19. The maximum Gasteiger partial charge on any atom is 0.241 e. The van der Waals surface area contributed by atoms with E-state index < -0.39 is 38.4 Å². The molecular weight excluding hydrogens is 448 g/mol. The first kappa shape index (κ1) is 24.4. The molecule has 1 saturated heterocycles. The van der Waals surface area contributed by atoms with E-state index >= 15 is 0 Å². The van der Waals surface area contributed by atoms with E-state index in [1.807, 2.05) is 19.9 Å². The Kier molecular flexibility index (Phi) is 7.12. The van der Waals surface area contributed by atoms with Crippen molar-refractivity contribution in [2.45, 2.75) is 56.4 Å². The number of aryl methyl sites for hydroxylation is 2. The molecule has 1 atom stereocenters. The van der Waals surface area contributed by atoms with Crippen molar-refractivity contribution in [3.05, 3.63) is 58.7 Å². The Hall–Kier alpha value is -2.23. The Morgan fingerprint density at radius 2 is 1.59 bits per heavy atom. The fourth-order valence-corrected chi connectivity index (χ4v) is 7.43. The molecule has 1 amide bonds. The SMILES string of the molecule is Cc1cc(C)c(C)c(S(=O)(=O)NCC(=O)N2CCCC2CS(=O)(=O)c2ccccc2)c1C. The number of nitrogens with zero attached hydrogens (tertiary/aromatic N) is 1. The van der Waals surface area contributed by atoms with Gasteiger partial charge in [-0.1, -0.05) is 24.3 Å². The van der Waals surface area contributed by atoms with Gasteiger partial charge in [-0.3, -0.25) is 4.79 Å². The van der Waals surface area contributed by atoms with Crippen molar-refractivity contribution in [1.29, 1.82) is 0 Å². The Labute approximate surface area is 190 Å². The highest BCUT2D eigenvalue weighted by Gasteiger charge is 2.33. The number of nitrogens with one attached hydrogen (secondary N) is 1. The molecule has 0 aromatic heterocycles. The zero-order valence-corrected chi connectivity index (χ0v) is 20.5. The molecule has 1 aliphatic rings. The lowest BCUT2D eigenvalue weighted by atomic mass is 10.0. The summed E-state index contributed by atoms with van der Waals surface area (Å²) in [5.74, 6) is -0.593. The van der Waals surface area contributed by atoms with Gasteiger partial charge in [-0.15, -0.1) is 0 Å². The minimum atomic E-state index is -3.90. The summed E-state index contributed by atoms with van der Waals surface area (Å²) in [6, 6.07) is 9.62. The summed E-state index contributed by atoms with van der Waals surface area (Å²) in [5.41, 5.74) is 3.04. The third kappa shape index (κ3) is 5.05. The number of carbonyl (C=O) groups excluding carboxylic acids is 1. The molecule has 0 aliphatic carbocycles. The maximum absolute atomic E-state index is 13.0. The summed E-state index contributed by atoms with van der Waals surface area (Å²) in [5, 5.41) is 0. The second-order valence-electron chi connectivity index (χ2n) is 8.39. The zero-order chi connectivity index (χ0) is 23.7. The molecule has 7 nitrogen and oxygen atoms in total. The summed E-state index contributed by atoms with van der Waals surface area (Å²) in [6.45, 7) is 7.22. The van der Waals surface area contributed by atoms with Crippen LogP contribution in [0.25, 0.3) is 0 Å². The number of sulfone groups is 1. The van der Waals surface area contributed by atoms with E-state index in [4.69, 9.17) is 0 Å². The summed E-state index contributed by atoms with van der Waals surface area (Å²) >= 11 is 0. The lowest BCUT2D eigenvalue weighted by molar-refractivity contribution is -0.130. The van der Waals surface area contributed by atoms with Crippen molar-refractivity contribution < 1.29 is 21.6 Å². The van der Waals surface area contributed by atoms with Crippen molar-refractivity contribution in [3.8, 4) is 0 Å². The number of rotatable bonds is 7. The first-order valence-corrected chi connectivity index (χ1v) is 13.7. The summed E-state index contributed by atoms with van der Waals surface area (Å²) < 4.78 is 54.0. The number of likely N-dealkylation sites (tertiary alicyclic amines) is 1. The van der Waals surface area contributed by atoms with Crippen molar-refractivity contribution in [2.75, 3.05) is 18.8 Å². The molecule has 2 aromatic rings. The van der Waals surface area contributed by atoms with Crippen LogP contribution in [0.15, 0.2) is 46.2 Å². The van der Waals surface area contributed by atoms with Gasteiger partial charge in [0, 0.05) is 12.6 Å². The molecule has 1 aliphatic heterocycles. The quantitative estimate of drug-likeness (QED) is 0.659. The topological polar surface area (TPSA) is 101 Å². The molecule has 0 saturated carbocycles. The Bertz CT molecular complexity index is 1200. The van der Waals surface area contributed by atoms with Gasteiger partial charge in [0.15, 0.2) is 9.84 Å². The van der Waals surface area contributed by atoms with Crippen molar-refractivity contribution in [2.24, 2.45) is 0 Å². The van der Waals surface area contributed by atoms with Crippen LogP contribution >= 0.6 is 0 Å². The molecule has 1 unspecified atom stereocenters. The van der Waals surface area contributed by atoms with Crippen LogP contribution < -0.4 is 4.72 Å². The number of hydrogen-bond donors (Lipinski definition) is 1. The smallest absolute Gasteiger partial charge is 0.241 e. The van der Waals surface area contributed by atoms with Gasteiger partial charge in [-0.05, 0) is 74.9 Å². The maximum atomic E-state index is 13.0. The van der Waals surface area contributed by atoms with E-state index in [0.29, 0.717) is 30.5 Å². The van der Waals surface area contributed by atoms with Crippen LogP contribution in [0.3, 0.4) is 0 Å². The number of carbonyl (C=O) groups is 1. The van der Waals surface area contributed by atoms with Gasteiger partial charge >= 0.3 is 0 Å². The molecular formula is C23H30N2O5S2. The molecule has 32 heavy (non-hydrogen) atoms. The first-order valence-electron chi connectivity index (χ1n) is 10.6. The summed E-state index contributed by atoms with van der Waals surface area (Å²) in [4.78, 5) is 14.8. The molecule has 3 rings (SSSR count). The van der Waals surface area contributed by atoms with Crippen LogP contribution in [0, 0.1) is 27.7 Å². The van der Waals surface area contributed by atoms with Crippen LogP contribution in [-0.4, -0.2) is 52.5 Å². The average Bonchev–Trinajstić information content (AvgIpc) is 3.19. The predicted octanol–water partition coefficient (Wildman–Crippen LogP) is 2.66. The van der Waals surface area contributed by atoms with Crippen LogP contribution in [0.2, 0.25) is 0 Å². The van der Waals surface area contributed by atoms with Gasteiger partial charge in [0.05, 0.1) is 22.1 Å². The molecule has 0 spiro atoms. The molecule has 174 valence electrons. The van der Waals surface area contributed by atoms with E-state index in [-0.39, 0.29) is 15.5 Å². The van der Waals surface area contributed by atoms with Crippen LogP contribution in [0.1, 0.15) is 35.1 Å². The standard InChI is InChI=1S/C23H30N2O5S2/c1-16-13-17(2)19(4)23(18(16)3)32(29,30)24-14-22(26)25-12-8-9-20(25)15-31(27,28)21-10-6-5-7-11-21/h5-7,10-11,13,20,24H,8-9,12,14-15H2,1-4H3. The van der Waals surface area contributed by atoms with Gasteiger partial charge in [0.25, 0.3) is 0 Å². The first-order chi connectivity index (χ1) is 14.9. The van der Waals surface area contributed by atoms with Crippen molar-refractivity contribution >= 4 is 25.8 Å². The van der Waals surface area contributed by atoms with E-state index in [9.17, 15) is 21.6 Å².